The second-order valence-electron chi connectivity index (χ2n) is 5.45. The molecule has 0 aromatic carbocycles. The third kappa shape index (κ3) is 3.38. The fourth-order valence-electron chi connectivity index (χ4n) is 2.05. The summed E-state index contributed by atoms with van der Waals surface area (Å²) in [5, 5.41) is 3.25. The van der Waals surface area contributed by atoms with Crippen LogP contribution in [-0.4, -0.2) is 20.5 Å². The first-order chi connectivity index (χ1) is 8.81. The van der Waals surface area contributed by atoms with Gasteiger partial charge in [-0.2, -0.15) is 0 Å². The van der Waals surface area contributed by atoms with E-state index in [0.717, 1.165) is 18.4 Å². The molecule has 1 heterocycles. The van der Waals surface area contributed by atoms with Gasteiger partial charge in [-0.05, 0) is 26.7 Å². The molecule has 2 N–H and O–H groups in total. The molecule has 0 radical (unpaired) electrons. The molecule has 19 heavy (non-hydrogen) atoms. The molecule has 1 saturated carbocycles. The van der Waals surface area contributed by atoms with Gasteiger partial charge in [-0.1, -0.05) is 13.8 Å². The van der Waals surface area contributed by atoms with Gasteiger partial charge in [-0.25, -0.2) is 13.1 Å². The zero-order valence-electron chi connectivity index (χ0n) is 11.9. The van der Waals surface area contributed by atoms with E-state index in [1.54, 1.807) is 13.8 Å². The first-order valence-corrected chi connectivity index (χ1v) is 8.14. The van der Waals surface area contributed by atoms with E-state index in [0.29, 0.717) is 29.0 Å². The summed E-state index contributed by atoms with van der Waals surface area (Å²) in [5.41, 5.74) is 0.736. The van der Waals surface area contributed by atoms with E-state index in [9.17, 15) is 8.42 Å². The predicted molar refractivity (Wildman–Crippen MR) is 73.5 cm³/mol. The van der Waals surface area contributed by atoms with E-state index in [1.165, 1.54) is 0 Å². The molecule has 0 spiro atoms. The number of hydrogen-bond donors (Lipinski definition) is 2. The van der Waals surface area contributed by atoms with Crippen molar-refractivity contribution in [1.82, 2.24) is 10.0 Å². The van der Waals surface area contributed by atoms with Crippen molar-refractivity contribution in [3.8, 4) is 0 Å². The van der Waals surface area contributed by atoms with Gasteiger partial charge < -0.3 is 9.73 Å². The minimum Gasteiger partial charge on any atom is -0.465 e. The predicted octanol–water partition coefficient (Wildman–Crippen LogP) is 1.84. The second kappa shape index (κ2) is 5.26. The van der Waals surface area contributed by atoms with Gasteiger partial charge in [0.15, 0.2) is 0 Å². The topological polar surface area (TPSA) is 71.3 Å². The number of furan rings is 1. The van der Waals surface area contributed by atoms with Gasteiger partial charge in [-0.3, -0.25) is 0 Å². The summed E-state index contributed by atoms with van der Waals surface area (Å²) in [4.78, 5) is 0.310. The van der Waals surface area contributed by atoms with Crippen LogP contribution in [0.25, 0.3) is 0 Å². The van der Waals surface area contributed by atoms with Gasteiger partial charge in [0.05, 0.1) is 0 Å². The maximum absolute atomic E-state index is 12.4. The van der Waals surface area contributed by atoms with Gasteiger partial charge in [0.25, 0.3) is 0 Å². The maximum atomic E-state index is 12.4. The Morgan fingerprint density at radius 2 is 1.89 bits per heavy atom. The van der Waals surface area contributed by atoms with Crippen LogP contribution < -0.4 is 10.0 Å². The summed E-state index contributed by atoms with van der Waals surface area (Å²) in [5.74, 6) is 1.13. The molecule has 6 heteroatoms. The number of rotatable bonds is 6. The SMILES string of the molecule is Cc1oc(C)c(S(=O)(=O)NC2CC2)c1CNC(C)C. The van der Waals surface area contributed by atoms with Gasteiger partial charge in [-0.15, -0.1) is 0 Å². The van der Waals surface area contributed by atoms with E-state index in [-0.39, 0.29) is 6.04 Å². The lowest BCUT2D eigenvalue weighted by Gasteiger charge is -2.10. The van der Waals surface area contributed by atoms with Crippen LogP contribution in [0, 0.1) is 13.8 Å². The second-order valence-corrected chi connectivity index (χ2v) is 7.10. The van der Waals surface area contributed by atoms with Crippen molar-refractivity contribution in [1.29, 1.82) is 0 Å². The smallest absolute Gasteiger partial charge is 0.244 e. The Bertz CT molecular complexity index is 557. The van der Waals surface area contributed by atoms with E-state index in [1.807, 2.05) is 13.8 Å². The number of nitrogens with one attached hydrogen (secondary N) is 2. The summed E-state index contributed by atoms with van der Waals surface area (Å²) < 4.78 is 33.0. The Morgan fingerprint density at radius 3 is 2.42 bits per heavy atom. The summed E-state index contributed by atoms with van der Waals surface area (Å²) in [6, 6.07) is 0.395. The lowest BCUT2D eigenvalue weighted by molar-refractivity contribution is 0.491. The Hall–Kier alpha value is -0.850. The number of hydrogen-bond acceptors (Lipinski definition) is 4. The largest absolute Gasteiger partial charge is 0.465 e. The average molecular weight is 286 g/mol. The molecule has 1 aromatic rings. The van der Waals surface area contributed by atoms with Gasteiger partial charge in [0, 0.05) is 24.2 Å². The van der Waals surface area contributed by atoms with E-state index < -0.39 is 10.0 Å². The fourth-order valence-corrected chi connectivity index (χ4v) is 3.80. The maximum Gasteiger partial charge on any atom is 0.244 e. The normalized spacial score (nSPS) is 16.3. The first kappa shape index (κ1) is 14.6. The molecule has 0 unspecified atom stereocenters. The Labute approximate surface area is 114 Å². The Kier molecular flexibility index (Phi) is 4.03. The molecule has 1 aliphatic rings. The fraction of sp³-hybridized carbons (Fsp3) is 0.692. The molecule has 0 saturated heterocycles. The van der Waals surface area contributed by atoms with Gasteiger partial charge in [0.2, 0.25) is 10.0 Å². The molecular weight excluding hydrogens is 264 g/mol. The van der Waals surface area contributed by atoms with Crippen molar-refractivity contribution >= 4 is 10.0 Å². The molecule has 0 aliphatic heterocycles. The highest BCUT2D eigenvalue weighted by molar-refractivity contribution is 7.89. The van der Waals surface area contributed by atoms with Gasteiger partial charge in [0.1, 0.15) is 16.4 Å². The molecular formula is C13H22N2O3S. The molecule has 1 aliphatic carbocycles. The minimum absolute atomic E-state index is 0.102. The highest BCUT2D eigenvalue weighted by Gasteiger charge is 2.32. The molecule has 0 bridgehead atoms. The van der Waals surface area contributed by atoms with Crippen molar-refractivity contribution < 1.29 is 12.8 Å². The van der Waals surface area contributed by atoms with E-state index in [2.05, 4.69) is 10.0 Å². The highest BCUT2D eigenvalue weighted by Crippen LogP contribution is 2.29. The zero-order chi connectivity index (χ0) is 14.2. The summed E-state index contributed by atoms with van der Waals surface area (Å²) in [6.45, 7) is 8.06. The van der Waals surface area contributed by atoms with Crippen LogP contribution in [0.5, 0.6) is 0 Å². The van der Waals surface area contributed by atoms with Gasteiger partial charge >= 0.3 is 0 Å². The van der Waals surface area contributed by atoms with Crippen LogP contribution in [0.3, 0.4) is 0 Å². The summed E-state index contributed by atoms with van der Waals surface area (Å²) >= 11 is 0. The van der Waals surface area contributed by atoms with Crippen molar-refractivity contribution in [2.45, 2.75) is 64.1 Å². The zero-order valence-corrected chi connectivity index (χ0v) is 12.7. The van der Waals surface area contributed by atoms with Crippen LogP contribution in [0.4, 0.5) is 0 Å². The summed E-state index contributed by atoms with van der Waals surface area (Å²) in [7, 11) is -3.47. The summed E-state index contributed by atoms with van der Waals surface area (Å²) in [6.07, 6.45) is 1.85. The molecule has 2 rings (SSSR count). The van der Waals surface area contributed by atoms with Crippen LogP contribution in [-0.2, 0) is 16.6 Å². The number of aryl methyl sites for hydroxylation is 2. The van der Waals surface area contributed by atoms with Crippen molar-refractivity contribution in [3.05, 3.63) is 17.1 Å². The average Bonchev–Trinajstić information content (AvgIpc) is 3.00. The molecule has 1 fully saturated rings. The lowest BCUT2D eigenvalue weighted by atomic mass is 10.2. The monoisotopic (exact) mass is 286 g/mol. The molecule has 1 aromatic heterocycles. The van der Waals surface area contributed by atoms with Crippen molar-refractivity contribution in [2.75, 3.05) is 0 Å². The van der Waals surface area contributed by atoms with Crippen LogP contribution in [0.1, 0.15) is 43.8 Å². The third-order valence-corrected chi connectivity index (χ3v) is 4.89. The van der Waals surface area contributed by atoms with Crippen LogP contribution >= 0.6 is 0 Å². The quantitative estimate of drug-likeness (QED) is 0.837. The molecule has 0 atom stereocenters. The molecule has 5 nitrogen and oxygen atoms in total. The van der Waals surface area contributed by atoms with E-state index >= 15 is 0 Å². The molecule has 108 valence electrons. The van der Waals surface area contributed by atoms with Crippen molar-refractivity contribution in [3.63, 3.8) is 0 Å². The standard InChI is InChI=1S/C13H22N2O3S/c1-8(2)14-7-12-9(3)18-10(4)13(12)19(16,17)15-11-5-6-11/h8,11,14-15H,5-7H2,1-4H3. The van der Waals surface area contributed by atoms with Crippen molar-refractivity contribution in [2.24, 2.45) is 0 Å². The molecule has 0 amide bonds. The Balaban J connectivity index is 2.32. The highest BCUT2D eigenvalue weighted by atomic mass is 32.2. The minimum atomic E-state index is -3.47. The lowest BCUT2D eigenvalue weighted by Crippen LogP contribution is -2.28. The third-order valence-electron chi connectivity index (χ3n) is 3.18. The van der Waals surface area contributed by atoms with Crippen LogP contribution in [0.2, 0.25) is 0 Å². The first-order valence-electron chi connectivity index (χ1n) is 6.66. The van der Waals surface area contributed by atoms with Crippen LogP contribution in [0.15, 0.2) is 9.31 Å². The van der Waals surface area contributed by atoms with E-state index in [4.69, 9.17) is 4.42 Å². The Morgan fingerprint density at radius 1 is 1.26 bits per heavy atom. The number of sulfonamides is 1.